The van der Waals surface area contributed by atoms with E-state index >= 15 is 0 Å². The Kier molecular flexibility index (Phi) is 7.57. The van der Waals surface area contributed by atoms with Crippen molar-refractivity contribution in [2.45, 2.75) is 50.9 Å². The van der Waals surface area contributed by atoms with E-state index in [1.807, 2.05) is 31.2 Å². The number of esters is 1. The molecule has 0 unspecified atom stereocenters. The summed E-state index contributed by atoms with van der Waals surface area (Å²) in [4.78, 5) is 43.1. The third-order valence-electron chi connectivity index (χ3n) is 4.97. The standard InChI is InChI=1S/C22H26N4O4S2/c1-5-13-8-10-14(11-9-13)24-18(27)15(6-2)31-22-25-19-16(20(28)26(22)23)12(4)17(32-19)21(29)30-7-3/h8-11,15H,5-7,23H2,1-4H3,(H,24,27)/t15-/m1/s1. The second-order valence-electron chi connectivity index (χ2n) is 7.08. The van der Waals surface area contributed by atoms with Gasteiger partial charge in [0.1, 0.15) is 9.71 Å². The van der Waals surface area contributed by atoms with E-state index in [-0.39, 0.29) is 17.7 Å². The van der Waals surface area contributed by atoms with E-state index in [0.717, 1.165) is 34.2 Å². The molecule has 0 saturated carbocycles. The van der Waals surface area contributed by atoms with Gasteiger partial charge in [-0.1, -0.05) is 37.7 Å². The van der Waals surface area contributed by atoms with Gasteiger partial charge >= 0.3 is 5.97 Å². The molecule has 10 heteroatoms. The Morgan fingerprint density at radius 1 is 1.25 bits per heavy atom. The average molecular weight is 475 g/mol. The van der Waals surface area contributed by atoms with E-state index in [1.165, 1.54) is 5.56 Å². The van der Waals surface area contributed by atoms with Crippen molar-refractivity contribution in [2.75, 3.05) is 17.8 Å². The number of aryl methyl sites for hydroxylation is 2. The Balaban J connectivity index is 1.88. The lowest BCUT2D eigenvalue weighted by atomic mass is 10.1. The molecule has 0 saturated heterocycles. The summed E-state index contributed by atoms with van der Waals surface area (Å²) in [5, 5.41) is 2.90. The monoisotopic (exact) mass is 474 g/mol. The van der Waals surface area contributed by atoms with Crippen molar-refractivity contribution in [3.05, 3.63) is 50.6 Å². The zero-order valence-corrected chi connectivity index (χ0v) is 20.1. The molecular weight excluding hydrogens is 448 g/mol. The lowest BCUT2D eigenvalue weighted by molar-refractivity contribution is -0.115. The normalized spacial score (nSPS) is 12.0. The van der Waals surface area contributed by atoms with Gasteiger partial charge < -0.3 is 15.9 Å². The van der Waals surface area contributed by atoms with E-state index in [2.05, 4.69) is 17.2 Å². The van der Waals surface area contributed by atoms with Gasteiger partial charge in [-0.15, -0.1) is 11.3 Å². The van der Waals surface area contributed by atoms with Crippen molar-refractivity contribution in [3.8, 4) is 0 Å². The molecule has 32 heavy (non-hydrogen) atoms. The molecule has 0 bridgehead atoms. The van der Waals surface area contributed by atoms with Gasteiger partial charge in [0.25, 0.3) is 5.56 Å². The van der Waals surface area contributed by atoms with Crippen molar-refractivity contribution < 1.29 is 14.3 Å². The van der Waals surface area contributed by atoms with Crippen molar-refractivity contribution in [1.29, 1.82) is 0 Å². The van der Waals surface area contributed by atoms with E-state index in [0.29, 0.717) is 32.8 Å². The fraction of sp³-hybridized carbons (Fsp3) is 0.364. The van der Waals surface area contributed by atoms with Crippen LogP contribution < -0.4 is 16.7 Å². The number of carbonyl (C=O) groups is 2. The zero-order chi connectivity index (χ0) is 23.4. The first-order valence-electron chi connectivity index (χ1n) is 10.3. The van der Waals surface area contributed by atoms with Gasteiger partial charge in [0.15, 0.2) is 5.16 Å². The van der Waals surface area contributed by atoms with E-state index in [1.54, 1.807) is 13.8 Å². The lowest BCUT2D eigenvalue weighted by Gasteiger charge is -2.16. The summed E-state index contributed by atoms with van der Waals surface area (Å²) in [5.41, 5.74) is 1.92. The van der Waals surface area contributed by atoms with Crippen LogP contribution in [0.4, 0.5) is 5.69 Å². The molecule has 0 aliphatic rings. The summed E-state index contributed by atoms with van der Waals surface area (Å²) in [6.45, 7) is 7.57. The molecule has 2 heterocycles. The topological polar surface area (TPSA) is 116 Å². The fourth-order valence-electron chi connectivity index (χ4n) is 3.15. The van der Waals surface area contributed by atoms with Crippen LogP contribution >= 0.6 is 23.1 Å². The van der Waals surface area contributed by atoms with Gasteiger partial charge in [-0.3, -0.25) is 9.59 Å². The maximum atomic E-state index is 12.9. The summed E-state index contributed by atoms with van der Waals surface area (Å²) < 4.78 is 6.01. The molecule has 0 aliphatic heterocycles. The molecule has 3 rings (SSSR count). The number of amides is 1. The van der Waals surface area contributed by atoms with Crippen LogP contribution in [0.15, 0.2) is 34.2 Å². The number of rotatable bonds is 8. The predicted octanol–water partition coefficient (Wildman–Crippen LogP) is 3.73. The highest BCUT2D eigenvalue weighted by Gasteiger charge is 2.25. The number of nitrogen functional groups attached to an aromatic ring is 1. The van der Waals surface area contributed by atoms with Crippen LogP contribution in [0.2, 0.25) is 0 Å². The average Bonchev–Trinajstić information content (AvgIpc) is 3.12. The summed E-state index contributed by atoms with van der Waals surface area (Å²) >= 11 is 2.21. The minimum atomic E-state index is -0.509. The molecule has 0 fully saturated rings. The number of nitrogens with zero attached hydrogens (tertiary/aromatic N) is 2. The fourth-order valence-corrected chi connectivity index (χ4v) is 5.20. The molecule has 170 valence electrons. The van der Waals surface area contributed by atoms with Gasteiger partial charge in [-0.2, -0.15) is 0 Å². The number of anilines is 1. The number of hydrogen-bond acceptors (Lipinski definition) is 8. The molecule has 0 aliphatic carbocycles. The highest BCUT2D eigenvalue weighted by molar-refractivity contribution is 8.00. The molecule has 2 aromatic heterocycles. The summed E-state index contributed by atoms with van der Waals surface area (Å²) in [6, 6.07) is 7.67. The van der Waals surface area contributed by atoms with Crippen molar-refractivity contribution >= 4 is 50.9 Å². The Morgan fingerprint density at radius 3 is 2.53 bits per heavy atom. The molecule has 3 N–H and O–H groups in total. The maximum absolute atomic E-state index is 12.9. The van der Waals surface area contributed by atoms with E-state index in [4.69, 9.17) is 10.6 Å². The Hall–Kier alpha value is -2.85. The summed E-state index contributed by atoms with van der Waals surface area (Å²) in [5.74, 6) is 5.33. The van der Waals surface area contributed by atoms with Crippen molar-refractivity contribution in [1.82, 2.24) is 9.66 Å². The number of nitrogens with two attached hydrogens (primary N) is 1. The van der Waals surface area contributed by atoms with Gasteiger partial charge in [-0.25, -0.2) is 14.5 Å². The lowest BCUT2D eigenvalue weighted by Crippen LogP contribution is -2.32. The molecule has 1 atom stereocenters. The van der Waals surface area contributed by atoms with Crippen LogP contribution in [0.5, 0.6) is 0 Å². The quantitative estimate of drug-likeness (QED) is 0.221. The third kappa shape index (κ3) is 4.81. The second kappa shape index (κ2) is 10.2. The first-order chi connectivity index (χ1) is 15.3. The largest absolute Gasteiger partial charge is 0.462 e. The Labute approximate surface area is 194 Å². The van der Waals surface area contributed by atoms with Gasteiger partial charge in [-0.05, 0) is 49.9 Å². The van der Waals surface area contributed by atoms with Gasteiger partial charge in [0.05, 0.1) is 17.2 Å². The minimum absolute atomic E-state index is 0.203. The summed E-state index contributed by atoms with van der Waals surface area (Å²) in [6.07, 6.45) is 1.43. The van der Waals surface area contributed by atoms with Crippen LogP contribution in [-0.4, -0.2) is 33.4 Å². The second-order valence-corrected chi connectivity index (χ2v) is 9.25. The number of carbonyl (C=O) groups excluding carboxylic acids is 2. The number of benzene rings is 1. The number of ether oxygens (including phenoxy) is 1. The number of aromatic nitrogens is 2. The van der Waals surface area contributed by atoms with Crippen molar-refractivity contribution in [3.63, 3.8) is 0 Å². The number of thioether (sulfide) groups is 1. The van der Waals surface area contributed by atoms with Crippen LogP contribution in [0, 0.1) is 6.92 Å². The Bertz CT molecular complexity index is 1200. The van der Waals surface area contributed by atoms with E-state index < -0.39 is 16.8 Å². The van der Waals surface area contributed by atoms with Crippen LogP contribution in [0.25, 0.3) is 10.2 Å². The molecule has 1 amide bonds. The molecular formula is C22H26N4O4S2. The smallest absolute Gasteiger partial charge is 0.348 e. The summed E-state index contributed by atoms with van der Waals surface area (Å²) in [7, 11) is 0. The molecule has 3 aromatic rings. The van der Waals surface area contributed by atoms with Crippen LogP contribution in [0.1, 0.15) is 48.0 Å². The van der Waals surface area contributed by atoms with Crippen LogP contribution in [0.3, 0.4) is 0 Å². The highest BCUT2D eigenvalue weighted by Crippen LogP contribution is 2.31. The third-order valence-corrected chi connectivity index (χ3v) is 7.46. The zero-order valence-electron chi connectivity index (χ0n) is 18.4. The van der Waals surface area contributed by atoms with Crippen LogP contribution in [-0.2, 0) is 16.0 Å². The first kappa shape index (κ1) is 23.8. The van der Waals surface area contributed by atoms with E-state index in [9.17, 15) is 14.4 Å². The highest BCUT2D eigenvalue weighted by atomic mass is 32.2. The maximum Gasteiger partial charge on any atom is 0.348 e. The SMILES string of the molecule is CCOC(=O)c1sc2nc(S[C@H](CC)C(=O)Nc3ccc(CC)cc3)n(N)c(=O)c2c1C. The Morgan fingerprint density at radius 2 is 1.94 bits per heavy atom. The minimum Gasteiger partial charge on any atom is -0.462 e. The van der Waals surface area contributed by atoms with Gasteiger partial charge in [0.2, 0.25) is 5.91 Å². The number of hydrogen-bond donors (Lipinski definition) is 2. The van der Waals surface area contributed by atoms with Gasteiger partial charge in [0, 0.05) is 5.69 Å². The first-order valence-corrected chi connectivity index (χ1v) is 12.0. The van der Waals surface area contributed by atoms with Crippen molar-refractivity contribution in [2.24, 2.45) is 0 Å². The number of thiophene rings is 1. The molecule has 8 nitrogen and oxygen atoms in total. The molecule has 0 spiro atoms. The number of fused-ring (bicyclic) bond motifs is 1. The molecule has 0 radical (unpaired) electrons. The number of nitrogens with one attached hydrogen (secondary N) is 1. The predicted molar refractivity (Wildman–Crippen MR) is 129 cm³/mol. The molecule has 1 aromatic carbocycles.